The van der Waals surface area contributed by atoms with Crippen LogP contribution in [0.15, 0.2) is 46.9 Å². The first-order valence-corrected chi connectivity index (χ1v) is 7.96. The number of carbonyl (C=O) groups excluding carboxylic acids is 1. The van der Waals surface area contributed by atoms with Crippen molar-refractivity contribution in [2.45, 2.75) is 33.1 Å². The molecule has 0 aliphatic carbocycles. The minimum Gasteiger partial charge on any atom is -0.456 e. The summed E-state index contributed by atoms with van der Waals surface area (Å²) in [5.74, 6) is 1.55. The molecule has 0 spiro atoms. The Bertz CT molecular complexity index is 618. The fourth-order valence-corrected chi connectivity index (χ4v) is 2.49. The highest BCUT2D eigenvalue weighted by Crippen LogP contribution is 2.30. The standard InChI is InChI=1S/C18H19BrO2/c1-3-4-5-14-6-9-16(10-7-14)21-18-11-8-15(13(2)20)12-17(18)19/h6-12H,3-5H2,1-2H3. The van der Waals surface area contributed by atoms with Crippen molar-refractivity contribution in [1.82, 2.24) is 0 Å². The molecule has 0 bridgehead atoms. The molecule has 2 nitrogen and oxygen atoms in total. The van der Waals surface area contributed by atoms with Gasteiger partial charge in [-0.05, 0) is 71.6 Å². The molecular weight excluding hydrogens is 328 g/mol. The van der Waals surface area contributed by atoms with Crippen LogP contribution in [0, 0.1) is 0 Å². The molecule has 0 unspecified atom stereocenters. The molecule has 0 aliphatic heterocycles. The van der Waals surface area contributed by atoms with Crippen molar-refractivity contribution < 1.29 is 9.53 Å². The minimum absolute atomic E-state index is 0.0440. The van der Waals surface area contributed by atoms with Crippen LogP contribution >= 0.6 is 15.9 Å². The molecular formula is C18H19BrO2. The number of benzene rings is 2. The highest BCUT2D eigenvalue weighted by atomic mass is 79.9. The van der Waals surface area contributed by atoms with E-state index in [0.29, 0.717) is 11.3 Å². The Morgan fingerprint density at radius 2 is 1.86 bits per heavy atom. The van der Waals surface area contributed by atoms with E-state index in [1.54, 1.807) is 19.1 Å². The van der Waals surface area contributed by atoms with Crippen LogP contribution in [0.2, 0.25) is 0 Å². The van der Waals surface area contributed by atoms with Crippen LogP contribution in [-0.2, 0) is 6.42 Å². The number of hydrogen-bond acceptors (Lipinski definition) is 2. The van der Waals surface area contributed by atoms with E-state index in [0.717, 1.165) is 16.6 Å². The predicted octanol–water partition coefficient (Wildman–Crippen LogP) is 5.79. The van der Waals surface area contributed by atoms with Crippen molar-refractivity contribution in [3.05, 3.63) is 58.1 Å². The molecule has 0 saturated carbocycles. The zero-order valence-electron chi connectivity index (χ0n) is 12.4. The van der Waals surface area contributed by atoms with Crippen LogP contribution in [0.3, 0.4) is 0 Å². The van der Waals surface area contributed by atoms with Gasteiger partial charge in [-0.3, -0.25) is 4.79 Å². The number of Topliss-reactive ketones (excluding diaryl/α,β-unsaturated/α-hetero) is 1. The van der Waals surface area contributed by atoms with Gasteiger partial charge in [0.1, 0.15) is 11.5 Å². The van der Waals surface area contributed by atoms with E-state index in [1.807, 2.05) is 18.2 Å². The smallest absolute Gasteiger partial charge is 0.159 e. The van der Waals surface area contributed by atoms with Crippen LogP contribution < -0.4 is 4.74 Å². The lowest BCUT2D eigenvalue weighted by Crippen LogP contribution is -1.93. The third kappa shape index (κ3) is 4.43. The average Bonchev–Trinajstić information content (AvgIpc) is 2.48. The molecule has 2 aromatic rings. The normalized spacial score (nSPS) is 10.4. The summed E-state index contributed by atoms with van der Waals surface area (Å²) < 4.78 is 6.63. The quantitative estimate of drug-likeness (QED) is 0.619. The highest BCUT2D eigenvalue weighted by Gasteiger charge is 2.06. The summed E-state index contributed by atoms with van der Waals surface area (Å²) in [7, 11) is 0. The lowest BCUT2D eigenvalue weighted by molar-refractivity contribution is 0.101. The van der Waals surface area contributed by atoms with Gasteiger partial charge in [-0.25, -0.2) is 0 Å². The van der Waals surface area contributed by atoms with Crippen LogP contribution in [0.4, 0.5) is 0 Å². The first kappa shape index (κ1) is 15.8. The summed E-state index contributed by atoms with van der Waals surface area (Å²) in [4.78, 5) is 11.3. The van der Waals surface area contributed by atoms with Crippen LogP contribution in [0.5, 0.6) is 11.5 Å². The number of carbonyl (C=O) groups is 1. The zero-order valence-corrected chi connectivity index (χ0v) is 13.9. The van der Waals surface area contributed by atoms with Gasteiger partial charge in [-0.2, -0.15) is 0 Å². The second-order valence-electron chi connectivity index (χ2n) is 5.05. The predicted molar refractivity (Wildman–Crippen MR) is 89.3 cm³/mol. The molecule has 21 heavy (non-hydrogen) atoms. The van der Waals surface area contributed by atoms with Crippen molar-refractivity contribution in [3.63, 3.8) is 0 Å². The van der Waals surface area contributed by atoms with Gasteiger partial charge in [-0.1, -0.05) is 25.5 Å². The van der Waals surface area contributed by atoms with E-state index in [1.165, 1.54) is 18.4 Å². The minimum atomic E-state index is 0.0440. The van der Waals surface area contributed by atoms with Crippen LogP contribution in [0.25, 0.3) is 0 Å². The monoisotopic (exact) mass is 346 g/mol. The number of ether oxygens (including phenoxy) is 1. The maximum absolute atomic E-state index is 11.3. The molecule has 0 heterocycles. The molecule has 0 fully saturated rings. The number of halogens is 1. The molecule has 0 aliphatic rings. The van der Waals surface area contributed by atoms with Crippen molar-refractivity contribution in [1.29, 1.82) is 0 Å². The summed E-state index contributed by atoms with van der Waals surface area (Å²) in [5.41, 5.74) is 2.00. The average molecular weight is 347 g/mol. The topological polar surface area (TPSA) is 26.3 Å². The summed E-state index contributed by atoms with van der Waals surface area (Å²) in [6, 6.07) is 13.5. The Morgan fingerprint density at radius 3 is 2.43 bits per heavy atom. The van der Waals surface area contributed by atoms with Gasteiger partial charge in [-0.15, -0.1) is 0 Å². The first-order valence-electron chi connectivity index (χ1n) is 7.17. The zero-order chi connectivity index (χ0) is 15.2. The van der Waals surface area contributed by atoms with E-state index in [4.69, 9.17) is 4.74 Å². The Labute approximate surface area is 134 Å². The number of aryl methyl sites for hydroxylation is 1. The second kappa shape index (κ2) is 7.41. The fourth-order valence-electron chi connectivity index (χ4n) is 2.03. The second-order valence-corrected chi connectivity index (χ2v) is 5.91. The van der Waals surface area contributed by atoms with Gasteiger partial charge in [0.2, 0.25) is 0 Å². The molecule has 0 radical (unpaired) electrons. The SMILES string of the molecule is CCCCc1ccc(Oc2ccc(C(C)=O)cc2Br)cc1. The van der Waals surface area contributed by atoms with E-state index in [-0.39, 0.29) is 5.78 Å². The Kier molecular flexibility index (Phi) is 5.57. The van der Waals surface area contributed by atoms with Gasteiger partial charge >= 0.3 is 0 Å². The Balaban J connectivity index is 2.09. The molecule has 3 heteroatoms. The van der Waals surface area contributed by atoms with E-state index < -0.39 is 0 Å². The van der Waals surface area contributed by atoms with Gasteiger partial charge in [0.15, 0.2) is 5.78 Å². The van der Waals surface area contributed by atoms with E-state index in [2.05, 4.69) is 35.0 Å². The lowest BCUT2D eigenvalue weighted by Gasteiger charge is -2.09. The fraction of sp³-hybridized carbons (Fsp3) is 0.278. The summed E-state index contributed by atoms with van der Waals surface area (Å²) in [6.07, 6.45) is 3.51. The van der Waals surface area contributed by atoms with E-state index in [9.17, 15) is 4.79 Å². The van der Waals surface area contributed by atoms with Crippen molar-refractivity contribution in [3.8, 4) is 11.5 Å². The Hall–Kier alpha value is -1.61. The van der Waals surface area contributed by atoms with Crippen LogP contribution in [0.1, 0.15) is 42.6 Å². The molecule has 0 aromatic heterocycles. The van der Waals surface area contributed by atoms with Crippen molar-refractivity contribution in [2.75, 3.05) is 0 Å². The Morgan fingerprint density at radius 1 is 1.14 bits per heavy atom. The maximum Gasteiger partial charge on any atom is 0.159 e. The third-order valence-corrected chi connectivity index (χ3v) is 3.93. The van der Waals surface area contributed by atoms with Crippen molar-refractivity contribution in [2.24, 2.45) is 0 Å². The van der Waals surface area contributed by atoms with Crippen LogP contribution in [-0.4, -0.2) is 5.78 Å². The molecule has 0 amide bonds. The number of unbranched alkanes of at least 4 members (excludes halogenated alkanes) is 1. The lowest BCUT2D eigenvalue weighted by atomic mass is 10.1. The third-order valence-electron chi connectivity index (χ3n) is 3.31. The first-order chi connectivity index (χ1) is 10.1. The summed E-state index contributed by atoms with van der Waals surface area (Å²) in [6.45, 7) is 3.75. The molecule has 110 valence electrons. The summed E-state index contributed by atoms with van der Waals surface area (Å²) in [5, 5.41) is 0. The summed E-state index contributed by atoms with van der Waals surface area (Å²) >= 11 is 3.44. The maximum atomic E-state index is 11.3. The van der Waals surface area contributed by atoms with Gasteiger partial charge in [0.05, 0.1) is 4.47 Å². The van der Waals surface area contributed by atoms with E-state index >= 15 is 0 Å². The van der Waals surface area contributed by atoms with Gasteiger partial charge in [0.25, 0.3) is 0 Å². The number of ketones is 1. The number of hydrogen-bond donors (Lipinski definition) is 0. The highest BCUT2D eigenvalue weighted by molar-refractivity contribution is 9.10. The molecule has 0 saturated heterocycles. The molecule has 0 atom stereocenters. The molecule has 2 aromatic carbocycles. The largest absolute Gasteiger partial charge is 0.456 e. The van der Waals surface area contributed by atoms with Crippen molar-refractivity contribution >= 4 is 21.7 Å². The number of rotatable bonds is 6. The van der Waals surface area contributed by atoms with Gasteiger partial charge in [0, 0.05) is 5.56 Å². The molecule has 2 rings (SSSR count). The van der Waals surface area contributed by atoms with Gasteiger partial charge < -0.3 is 4.74 Å². The molecule has 0 N–H and O–H groups in total.